The van der Waals surface area contributed by atoms with E-state index in [1.807, 2.05) is 29.2 Å². The van der Waals surface area contributed by atoms with Crippen LogP contribution in [0.3, 0.4) is 0 Å². The molecule has 2 aromatic heterocycles. The second-order valence-corrected chi connectivity index (χ2v) is 7.88. The summed E-state index contributed by atoms with van der Waals surface area (Å²) in [6.07, 6.45) is -1.66. The number of aromatic nitrogens is 2. The van der Waals surface area contributed by atoms with Gasteiger partial charge in [-0.1, -0.05) is 12.1 Å². The standard InChI is InChI=1S/C23H24F3N3O2/c1-31-17-7-4-15(5-8-17)6-11-22(30)29-12-2-3-16(14-29)19-13-20-18(27-19)9-10-21(28-20)23(24,25)26/h4-5,7-10,13,16,27H,2-3,6,11-12,14H2,1H3/t16-/m1/s1. The van der Waals surface area contributed by atoms with E-state index < -0.39 is 11.9 Å². The molecule has 4 rings (SSSR count). The summed E-state index contributed by atoms with van der Waals surface area (Å²) in [7, 11) is 1.61. The van der Waals surface area contributed by atoms with Gasteiger partial charge in [-0.05, 0) is 55.2 Å². The number of pyridine rings is 1. The SMILES string of the molecule is COc1ccc(CCC(=O)N2CCC[C@@H](c3cc4nc(C(F)(F)F)ccc4[nH]3)C2)cc1. The monoisotopic (exact) mass is 431 g/mol. The molecule has 1 amide bonds. The van der Waals surface area contributed by atoms with Gasteiger partial charge in [0.2, 0.25) is 5.91 Å². The summed E-state index contributed by atoms with van der Waals surface area (Å²) in [6.45, 7) is 1.26. The van der Waals surface area contributed by atoms with Crippen LogP contribution in [0.15, 0.2) is 42.5 Å². The second kappa shape index (κ2) is 8.61. The highest BCUT2D eigenvalue weighted by molar-refractivity contribution is 5.78. The van der Waals surface area contributed by atoms with E-state index in [-0.39, 0.29) is 11.8 Å². The molecule has 1 aromatic carbocycles. The molecule has 0 unspecified atom stereocenters. The number of fused-ring (bicyclic) bond motifs is 1. The number of ether oxygens (including phenoxy) is 1. The zero-order chi connectivity index (χ0) is 22.0. The number of nitrogens with zero attached hydrogens (tertiary/aromatic N) is 2. The maximum Gasteiger partial charge on any atom is 0.433 e. The first-order valence-electron chi connectivity index (χ1n) is 10.3. The number of alkyl halides is 3. The highest BCUT2D eigenvalue weighted by atomic mass is 19.4. The van der Waals surface area contributed by atoms with Gasteiger partial charge in [0.1, 0.15) is 11.4 Å². The Hall–Kier alpha value is -3.03. The number of carbonyl (C=O) groups excluding carboxylic acids is 1. The fraction of sp³-hybridized carbons (Fsp3) is 0.391. The molecule has 0 aliphatic carbocycles. The van der Waals surface area contributed by atoms with Crippen molar-refractivity contribution in [3.05, 3.63) is 59.4 Å². The van der Waals surface area contributed by atoms with Gasteiger partial charge in [0.15, 0.2) is 0 Å². The minimum Gasteiger partial charge on any atom is -0.497 e. The summed E-state index contributed by atoms with van der Waals surface area (Å²) in [5.41, 5.74) is 1.88. The minimum atomic E-state index is -4.47. The first-order chi connectivity index (χ1) is 14.8. The van der Waals surface area contributed by atoms with Gasteiger partial charge in [0, 0.05) is 31.1 Å². The molecule has 0 radical (unpaired) electrons. The van der Waals surface area contributed by atoms with Gasteiger partial charge >= 0.3 is 6.18 Å². The van der Waals surface area contributed by atoms with Gasteiger partial charge < -0.3 is 14.6 Å². The molecule has 0 bridgehead atoms. The Morgan fingerprint density at radius 3 is 2.71 bits per heavy atom. The molecule has 0 saturated carbocycles. The number of likely N-dealkylation sites (tertiary alicyclic amines) is 1. The largest absolute Gasteiger partial charge is 0.497 e. The molecule has 164 valence electrons. The van der Waals surface area contributed by atoms with Gasteiger partial charge in [-0.15, -0.1) is 0 Å². The summed E-state index contributed by atoms with van der Waals surface area (Å²) < 4.78 is 43.9. The number of H-pyrrole nitrogens is 1. The number of nitrogens with one attached hydrogen (secondary N) is 1. The Labute approximate surface area is 178 Å². The van der Waals surface area contributed by atoms with Gasteiger partial charge in [0.25, 0.3) is 0 Å². The first-order valence-corrected chi connectivity index (χ1v) is 10.3. The smallest absolute Gasteiger partial charge is 0.433 e. The van der Waals surface area contributed by atoms with E-state index in [1.165, 1.54) is 6.07 Å². The van der Waals surface area contributed by atoms with Crippen molar-refractivity contribution in [3.8, 4) is 5.75 Å². The van der Waals surface area contributed by atoms with Crippen LogP contribution in [-0.4, -0.2) is 41.0 Å². The van der Waals surface area contributed by atoms with Crippen molar-refractivity contribution >= 4 is 16.9 Å². The summed E-state index contributed by atoms with van der Waals surface area (Å²) in [6, 6.07) is 11.7. The van der Waals surface area contributed by atoms with E-state index in [9.17, 15) is 18.0 Å². The predicted octanol–water partition coefficient (Wildman–Crippen LogP) is 4.93. The Balaban J connectivity index is 1.41. The van der Waals surface area contributed by atoms with Gasteiger partial charge in [0.05, 0.1) is 18.1 Å². The Kier molecular flexibility index (Phi) is 5.89. The van der Waals surface area contributed by atoms with Crippen molar-refractivity contribution in [1.29, 1.82) is 0 Å². The lowest BCUT2D eigenvalue weighted by atomic mass is 9.94. The van der Waals surface area contributed by atoms with Gasteiger partial charge in [-0.3, -0.25) is 4.79 Å². The number of benzene rings is 1. The fourth-order valence-electron chi connectivity index (χ4n) is 4.07. The lowest BCUT2D eigenvalue weighted by Crippen LogP contribution is -2.39. The molecule has 31 heavy (non-hydrogen) atoms. The number of piperidine rings is 1. The van der Waals surface area contributed by atoms with Crippen molar-refractivity contribution in [1.82, 2.24) is 14.9 Å². The summed E-state index contributed by atoms with van der Waals surface area (Å²) >= 11 is 0. The number of hydrogen-bond acceptors (Lipinski definition) is 3. The molecule has 1 aliphatic rings. The fourth-order valence-corrected chi connectivity index (χ4v) is 4.07. The normalized spacial score (nSPS) is 17.2. The quantitative estimate of drug-likeness (QED) is 0.623. The third-order valence-electron chi connectivity index (χ3n) is 5.79. The summed E-state index contributed by atoms with van der Waals surface area (Å²) in [5.74, 6) is 0.931. The third kappa shape index (κ3) is 4.84. The van der Waals surface area contributed by atoms with Crippen LogP contribution >= 0.6 is 0 Å². The molecule has 1 atom stereocenters. The average Bonchev–Trinajstić information content (AvgIpc) is 3.21. The molecule has 5 nitrogen and oxygen atoms in total. The molecule has 1 saturated heterocycles. The van der Waals surface area contributed by atoms with E-state index in [0.29, 0.717) is 37.0 Å². The van der Waals surface area contributed by atoms with Crippen LogP contribution in [-0.2, 0) is 17.4 Å². The molecule has 1 fully saturated rings. The van der Waals surface area contributed by atoms with Crippen molar-refractivity contribution in [3.63, 3.8) is 0 Å². The zero-order valence-electron chi connectivity index (χ0n) is 17.2. The van der Waals surface area contributed by atoms with Crippen LogP contribution < -0.4 is 4.74 Å². The Bertz CT molecular complexity index is 1060. The lowest BCUT2D eigenvalue weighted by Gasteiger charge is -2.32. The Morgan fingerprint density at radius 1 is 1.23 bits per heavy atom. The van der Waals surface area contributed by atoms with Crippen molar-refractivity contribution in [2.45, 2.75) is 37.8 Å². The average molecular weight is 431 g/mol. The van der Waals surface area contributed by atoms with E-state index in [4.69, 9.17) is 4.74 Å². The number of aryl methyl sites for hydroxylation is 1. The van der Waals surface area contributed by atoms with Crippen LogP contribution in [0.25, 0.3) is 11.0 Å². The van der Waals surface area contributed by atoms with E-state index in [1.54, 1.807) is 13.2 Å². The number of rotatable bonds is 5. The first kappa shape index (κ1) is 21.2. The van der Waals surface area contributed by atoms with E-state index in [2.05, 4.69) is 9.97 Å². The van der Waals surface area contributed by atoms with E-state index >= 15 is 0 Å². The minimum absolute atomic E-state index is 0.0576. The number of aromatic amines is 1. The van der Waals surface area contributed by atoms with Crippen LogP contribution in [0.5, 0.6) is 5.75 Å². The number of methoxy groups -OCH3 is 1. The van der Waals surface area contributed by atoms with Crippen LogP contribution in [0.1, 0.15) is 42.1 Å². The molecule has 8 heteroatoms. The second-order valence-electron chi connectivity index (χ2n) is 7.88. The maximum absolute atomic E-state index is 12.9. The molecule has 3 aromatic rings. The molecule has 1 aliphatic heterocycles. The highest BCUT2D eigenvalue weighted by Gasteiger charge is 2.33. The van der Waals surface area contributed by atoms with Gasteiger partial charge in [-0.25, -0.2) is 4.98 Å². The molecule has 3 heterocycles. The van der Waals surface area contributed by atoms with Crippen LogP contribution in [0.4, 0.5) is 13.2 Å². The molecule has 1 N–H and O–H groups in total. The maximum atomic E-state index is 12.9. The zero-order valence-corrected chi connectivity index (χ0v) is 17.2. The van der Waals surface area contributed by atoms with Crippen molar-refractivity contribution in [2.75, 3.05) is 20.2 Å². The number of carbonyl (C=O) groups is 1. The topological polar surface area (TPSA) is 58.2 Å². The Morgan fingerprint density at radius 2 is 2.00 bits per heavy atom. The van der Waals surface area contributed by atoms with Gasteiger partial charge in [-0.2, -0.15) is 13.2 Å². The van der Waals surface area contributed by atoms with Crippen molar-refractivity contribution in [2.24, 2.45) is 0 Å². The highest BCUT2D eigenvalue weighted by Crippen LogP contribution is 2.32. The third-order valence-corrected chi connectivity index (χ3v) is 5.79. The van der Waals surface area contributed by atoms with E-state index in [0.717, 1.165) is 35.9 Å². The summed E-state index contributed by atoms with van der Waals surface area (Å²) in [4.78, 5) is 21.5. The number of halogens is 3. The van der Waals surface area contributed by atoms with Crippen LogP contribution in [0.2, 0.25) is 0 Å². The lowest BCUT2D eigenvalue weighted by molar-refractivity contribution is -0.141. The molecule has 0 spiro atoms. The number of hydrogen-bond donors (Lipinski definition) is 1. The predicted molar refractivity (Wildman–Crippen MR) is 111 cm³/mol. The summed E-state index contributed by atoms with van der Waals surface area (Å²) in [5, 5.41) is 0. The number of amides is 1. The van der Waals surface area contributed by atoms with Crippen LogP contribution in [0, 0.1) is 0 Å². The molecular formula is C23H24F3N3O2. The molecular weight excluding hydrogens is 407 g/mol. The van der Waals surface area contributed by atoms with Crippen molar-refractivity contribution < 1.29 is 22.7 Å².